The lowest BCUT2D eigenvalue weighted by molar-refractivity contribution is -0.135. The minimum absolute atomic E-state index is 0.0205. The molecule has 33 heavy (non-hydrogen) atoms. The third-order valence-electron chi connectivity index (χ3n) is 6.73. The molecule has 2 atom stereocenters. The van der Waals surface area contributed by atoms with Gasteiger partial charge in [0.1, 0.15) is 5.65 Å². The molecule has 2 unspecified atom stereocenters. The van der Waals surface area contributed by atoms with Crippen molar-refractivity contribution in [3.63, 3.8) is 0 Å². The molecule has 0 bridgehead atoms. The number of hydrogen-bond acceptors (Lipinski definition) is 5. The summed E-state index contributed by atoms with van der Waals surface area (Å²) < 4.78 is 0. The summed E-state index contributed by atoms with van der Waals surface area (Å²) in [5.74, 6) is 0.0519. The van der Waals surface area contributed by atoms with Gasteiger partial charge in [0.2, 0.25) is 5.91 Å². The van der Waals surface area contributed by atoms with E-state index < -0.39 is 11.2 Å². The first-order valence-electron chi connectivity index (χ1n) is 11.3. The lowest BCUT2D eigenvalue weighted by Crippen LogP contribution is -2.49. The Kier molecular flexibility index (Phi) is 5.57. The second-order valence-corrected chi connectivity index (χ2v) is 8.88. The van der Waals surface area contributed by atoms with Crippen LogP contribution in [0.3, 0.4) is 0 Å². The summed E-state index contributed by atoms with van der Waals surface area (Å²) in [6, 6.07) is 5.05. The molecule has 2 aliphatic rings. The second-order valence-electron chi connectivity index (χ2n) is 8.88. The number of piperidine rings is 1. The van der Waals surface area contributed by atoms with Crippen LogP contribution in [0.25, 0.3) is 11.0 Å². The quantitative estimate of drug-likeness (QED) is 0.546. The Morgan fingerprint density at radius 3 is 2.82 bits per heavy atom. The van der Waals surface area contributed by atoms with Crippen molar-refractivity contribution in [1.29, 1.82) is 0 Å². The first-order valence-corrected chi connectivity index (χ1v) is 11.3. The van der Waals surface area contributed by atoms with Crippen LogP contribution in [0.2, 0.25) is 0 Å². The summed E-state index contributed by atoms with van der Waals surface area (Å²) in [7, 11) is 0. The van der Waals surface area contributed by atoms with Gasteiger partial charge in [0.05, 0.1) is 12.0 Å². The lowest BCUT2D eigenvalue weighted by atomic mass is 9.89. The summed E-state index contributed by atoms with van der Waals surface area (Å²) in [5, 5.41) is 0.901. The number of carbonyl (C=O) groups is 2. The van der Waals surface area contributed by atoms with Gasteiger partial charge in [-0.15, -0.1) is 0 Å². The molecular formula is C23H26N6O4. The number of aromatic nitrogens is 4. The summed E-state index contributed by atoms with van der Waals surface area (Å²) in [6.07, 6.45) is 7.07. The molecule has 5 heterocycles. The van der Waals surface area contributed by atoms with Crippen molar-refractivity contribution in [2.24, 2.45) is 5.92 Å². The van der Waals surface area contributed by atoms with Gasteiger partial charge >= 0.3 is 5.69 Å². The Balaban J connectivity index is 1.28. The van der Waals surface area contributed by atoms with E-state index in [4.69, 9.17) is 0 Å². The molecule has 3 aromatic heterocycles. The number of pyridine rings is 1. The predicted octanol–water partition coefficient (Wildman–Crippen LogP) is 1.03. The number of nitrogens with zero attached hydrogens (tertiary/aromatic N) is 3. The van der Waals surface area contributed by atoms with Crippen molar-refractivity contribution in [2.75, 3.05) is 19.6 Å². The van der Waals surface area contributed by atoms with E-state index >= 15 is 0 Å². The predicted molar refractivity (Wildman–Crippen MR) is 121 cm³/mol. The first-order chi connectivity index (χ1) is 16.0. The van der Waals surface area contributed by atoms with Crippen molar-refractivity contribution >= 4 is 22.8 Å². The van der Waals surface area contributed by atoms with E-state index in [1.54, 1.807) is 12.4 Å². The van der Waals surface area contributed by atoms with Crippen LogP contribution in [0, 0.1) is 5.92 Å². The van der Waals surface area contributed by atoms with E-state index in [-0.39, 0.29) is 30.2 Å². The van der Waals surface area contributed by atoms with Gasteiger partial charge in [-0.2, -0.15) is 0 Å². The molecule has 0 spiro atoms. The van der Waals surface area contributed by atoms with E-state index in [2.05, 4.69) is 19.9 Å². The summed E-state index contributed by atoms with van der Waals surface area (Å²) >= 11 is 0. The maximum Gasteiger partial charge on any atom is 0.325 e. The third kappa shape index (κ3) is 4.33. The van der Waals surface area contributed by atoms with E-state index in [1.165, 1.54) is 6.07 Å². The largest absolute Gasteiger partial charge is 0.346 e. The Morgan fingerprint density at radius 2 is 1.97 bits per heavy atom. The standard InChI is InChI=1S/C23H26N6O4/c30-19-10-17(26-23(33)27-19)11-20(31)29-7-2-1-3-18(29)15-5-8-28(13-15)22(32)16-9-14-4-6-24-21(14)25-12-16/h4,6,9-10,12,15,18H,1-3,5,7-8,11,13H2,(H,24,25)(H2,26,27,30,33). The minimum atomic E-state index is -0.613. The van der Waals surface area contributed by atoms with Crippen LogP contribution in [-0.4, -0.2) is 67.2 Å². The molecule has 5 rings (SSSR count). The number of nitrogens with one attached hydrogen (secondary N) is 3. The van der Waals surface area contributed by atoms with Crippen LogP contribution in [0.4, 0.5) is 0 Å². The van der Waals surface area contributed by atoms with Gasteiger partial charge in [0.25, 0.3) is 11.5 Å². The summed E-state index contributed by atoms with van der Waals surface area (Å²) in [6.45, 7) is 1.89. The first kappa shape index (κ1) is 21.2. The fraction of sp³-hybridized carbons (Fsp3) is 0.435. The van der Waals surface area contributed by atoms with Crippen LogP contribution < -0.4 is 11.2 Å². The van der Waals surface area contributed by atoms with Crippen molar-refractivity contribution in [1.82, 2.24) is 29.7 Å². The topological polar surface area (TPSA) is 135 Å². The SMILES string of the molecule is O=C(c1cnc2[nH]ccc2c1)N1CCC(C2CCCCN2C(=O)Cc2cc(=O)[nH]c(=O)[nH]2)C1. The van der Waals surface area contributed by atoms with Gasteiger partial charge in [-0.05, 0) is 43.7 Å². The van der Waals surface area contributed by atoms with E-state index in [9.17, 15) is 19.2 Å². The molecule has 0 aliphatic carbocycles. The molecule has 0 aromatic carbocycles. The number of carbonyl (C=O) groups excluding carboxylic acids is 2. The molecule has 3 N–H and O–H groups in total. The van der Waals surface area contributed by atoms with Crippen LogP contribution in [-0.2, 0) is 11.2 Å². The third-order valence-corrected chi connectivity index (χ3v) is 6.73. The lowest BCUT2D eigenvalue weighted by Gasteiger charge is -2.39. The molecule has 3 aromatic rings. The zero-order valence-electron chi connectivity index (χ0n) is 18.2. The van der Waals surface area contributed by atoms with Crippen LogP contribution in [0.5, 0.6) is 0 Å². The fourth-order valence-electron chi connectivity index (χ4n) is 5.16. The Morgan fingerprint density at radius 1 is 1.09 bits per heavy atom. The second kappa shape index (κ2) is 8.68. The molecule has 0 saturated carbocycles. The van der Waals surface area contributed by atoms with Crippen molar-refractivity contribution < 1.29 is 9.59 Å². The molecule has 2 amide bonds. The molecule has 0 radical (unpaired) electrons. The van der Waals surface area contributed by atoms with Crippen LogP contribution in [0.1, 0.15) is 41.7 Å². The number of aromatic amines is 3. The fourth-order valence-corrected chi connectivity index (χ4v) is 5.16. The smallest absolute Gasteiger partial charge is 0.325 e. The minimum Gasteiger partial charge on any atom is -0.346 e. The maximum atomic E-state index is 13.1. The average Bonchev–Trinajstić information content (AvgIpc) is 3.47. The molecule has 2 fully saturated rings. The highest BCUT2D eigenvalue weighted by Gasteiger charge is 2.38. The molecule has 2 aliphatic heterocycles. The molecule has 2 saturated heterocycles. The van der Waals surface area contributed by atoms with Crippen molar-refractivity contribution in [2.45, 2.75) is 38.1 Å². The van der Waals surface area contributed by atoms with Gasteiger partial charge in [-0.25, -0.2) is 9.78 Å². The Hall–Kier alpha value is -3.69. The van der Waals surface area contributed by atoms with Gasteiger partial charge in [0.15, 0.2) is 0 Å². The van der Waals surface area contributed by atoms with E-state index in [1.807, 2.05) is 21.9 Å². The van der Waals surface area contributed by atoms with Gasteiger partial charge in [0, 0.05) is 55.2 Å². The zero-order chi connectivity index (χ0) is 22.9. The van der Waals surface area contributed by atoms with E-state index in [0.29, 0.717) is 30.9 Å². The molecule has 172 valence electrons. The normalized spacial score (nSPS) is 21.0. The number of H-pyrrole nitrogens is 3. The van der Waals surface area contributed by atoms with Crippen LogP contribution in [0.15, 0.2) is 40.2 Å². The van der Waals surface area contributed by atoms with Crippen molar-refractivity contribution in [3.05, 3.63) is 62.7 Å². The summed E-state index contributed by atoms with van der Waals surface area (Å²) in [5.41, 5.74) is 0.502. The highest BCUT2D eigenvalue weighted by Crippen LogP contribution is 2.31. The van der Waals surface area contributed by atoms with Crippen molar-refractivity contribution in [3.8, 4) is 0 Å². The highest BCUT2D eigenvalue weighted by molar-refractivity contribution is 5.97. The summed E-state index contributed by atoms with van der Waals surface area (Å²) in [4.78, 5) is 65.0. The van der Waals surface area contributed by atoms with Gasteiger partial charge < -0.3 is 19.8 Å². The number of likely N-dealkylation sites (tertiary alicyclic amines) is 2. The number of rotatable bonds is 4. The maximum absolute atomic E-state index is 13.1. The highest BCUT2D eigenvalue weighted by atomic mass is 16.2. The number of fused-ring (bicyclic) bond motifs is 1. The number of hydrogen-bond donors (Lipinski definition) is 3. The molecular weight excluding hydrogens is 424 g/mol. The molecule has 10 heteroatoms. The zero-order valence-corrected chi connectivity index (χ0v) is 18.2. The number of amides is 2. The molecule has 10 nitrogen and oxygen atoms in total. The monoisotopic (exact) mass is 450 g/mol. The Labute approximate surface area is 189 Å². The van der Waals surface area contributed by atoms with Gasteiger partial charge in [-0.3, -0.25) is 19.4 Å². The van der Waals surface area contributed by atoms with Gasteiger partial charge in [-0.1, -0.05) is 0 Å². The van der Waals surface area contributed by atoms with E-state index in [0.717, 1.165) is 36.7 Å². The Bertz CT molecular complexity index is 1280. The average molecular weight is 450 g/mol. The van der Waals surface area contributed by atoms with Crippen LogP contribution >= 0.6 is 0 Å².